The lowest BCUT2D eigenvalue weighted by Crippen LogP contribution is -2.53. The van der Waals surface area contributed by atoms with Crippen LogP contribution in [-0.4, -0.2) is 11.5 Å². The van der Waals surface area contributed by atoms with Crippen molar-refractivity contribution in [3.63, 3.8) is 0 Å². The van der Waals surface area contributed by atoms with Crippen molar-refractivity contribution in [3.05, 3.63) is 28.2 Å². The van der Waals surface area contributed by atoms with Crippen molar-refractivity contribution in [1.82, 2.24) is 0 Å². The summed E-state index contributed by atoms with van der Waals surface area (Å²) in [5, 5.41) is 0.230. The fourth-order valence-corrected chi connectivity index (χ4v) is 2.71. The fourth-order valence-electron chi connectivity index (χ4n) is 1.93. The van der Waals surface area contributed by atoms with Gasteiger partial charge in [-0.25, -0.2) is 0 Å². The normalized spacial score (nSPS) is 27.3. The maximum Gasteiger partial charge on any atom is 0.122 e. The lowest BCUT2D eigenvalue weighted by molar-refractivity contribution is -0.0134. The Hall–Kier alpha value is -0.210. The van der Waals surface area contributed by atoms with Gasteiger partial charge in [0.15, 0.2) is 0 Å². The molecule has 0 amide bonds. The zero-order valence-electron chi connectivity index (χ0n) is 9.76. The van der Waals surface area contributed by atoms with Gasteiger partial charge >= 0.3 is 0 Å². The molecule has 0 heterocycles. The molecule has 1 aromatic carbocycles. The molecule has 0 radical (unpaired) electrons. The number of benzene rings is 1. The molecular weight excluding hydrogens is 287 g/mol. The largest absolute Gasteiger partial charge is 0.489 e. The van der Waals surface area contributed by atoms with Crippen molar-refractivity contribution in [2.24, 2.45) is 5.41 Å². The number of aryl methyl sites for hydroxylation is 1. The lowest BCUT2D eigenvalue weighted by atomic mass is 9.68. The van der Waals surface area contributed by atoms with Gasteiger partial charge in [0.25, 0.3) is 0 Å². The summed E-state index contributed by atoms with van der Waals surface area (Å²) in [4.78, 5) is 0. The van der Waals surface area contributed by atoms with Crippen molar-refractivity contribution in [2.75, 3.05) is 0 Å². The summed E-state index contributed by atoms with van der Waals surface area (Å²) in [5.74, 6) is 0.963. The first kappa shape index (κ1) is 12.3. The summed E-state index contributed by atoms with van der Waals surface area (Å²) in [6.45, 7) is 6.38. The van der Waals surface area contributed by atoms with E-state index >= 15 is 0 Å². The third kappa shape index (κ3) is 2.10. The van der Waals surface area contributed by atoms with Crippen LogP contribution in [0, 0.1) is 12.3 Å². The molecule has 0 aromatic heterocycles. The summed E-state index contributed by atoms with van der Waals surface area (Å²) in [6, 6.07) is 6.09. The van der Waals surface area contributed by atoms with Crippen LogP contribution in [0.15, 0.2) is 22.7 Å². The van der Waals surface area contributed by atoms with E-state index in [4.69, 9.17) is 16.3 Å². The van der Waals surface area contributed by atoms with Crippen LogP contribution >= 0.6 is 27.5 Å². The van der Waals surface area contributed by atoms with Gasteiger partial charge in [-0.2, -0.15) is 0 Å². The second kappa shape index (κ2) is 4.23. The van der Waals surface area contributed by atoms with Crippen LogP contribution in [0.5, 0.6) is 5.75 Å². The number of alkyl halides is 1. The Balaban J connectivity index is 2.11. The molecule has 2 rings (SSSR count). The Kier molecular flexibility index (Phi) is 3.24. The SMILES string of the molecule is Cc1cc(Br)ccc1OC1CC(Cl)C1(C)C. The second-order valence-corrected chi connectivity index (χ2v) is 6.48. The zero-order chi connectivity index (χ0) is 11.9. The van der Waals surface area contributed by atoms with E-state index in [1.54, 1.807) is 0 Å². The number of hydrogen-bond acceptors (Lipinski definition) is 1. The monoisotopic (exact) mass is 302 g/mol. The van der Waals surface area contributed by atoms with E-state index in [1.165, 1.54) is 0 Å². The molecule has 88 valence electrons. The van der Waals surface area contributed by atoms with Crippen molar-refractivity contribution in [1.29, 1.82) is 0 Å². The quantitative estimate of drug-likeness (QED) is 0.729. The molecule has 2 unspecified atom stereocenters. The van der Waals surface area contributed by atoms with Crippen LogP contribution < -0.4 is 4.74 Å². The van der Waals surface area contributed by atoms with Crippen LogP contribution in [0.4, 0.5) is 0 Å². The molecule has 1 nitrogen and oxygen atoms in total. The topological polar surface area (TPSA) is 9.23 Å². The summed E-state index contributed by atoms with van der Waals surface area (Å²) >= 11 is 9.63. The first-order valence-electron chi connectivity index (χ1n) is 5.48. The third-order valence-electron chi connectivity index (χ3n) is 3.46. The van der Waals surface area contributed by atoms with E-state index in [-0.39, 0.29) is 16.9 Å². The maximum absolute atomic E-state index is 6.18. The second-order valence-electron chi connectivity index (χ2n) is 5.04. The van der Waals surface area contributed by atoms with Crippen molar-refractivity contribution < 1.29 is 4.74 Å². The maximum atomic E-state index is 6.18. The number of ether oxygens (including phenoxy) is 1. The van der Waals surface area contributed by atoms with Crippen molar-refractivity contribution >= 4 is 27.5 Å². The van der Waals surface area contributed by atoms with Crippen LogP contribution in [0.25, 0.3) is 0 Å². The first-order valence-corrected chi connectivity index (χ1v) is 6.71. The zero-order valence-corrected chi connectivity index (χ0v) is 12.1. The van der Waals surface area contributed by atoms with E-state index in [0.717, 1.165) is 22.2 Å². The van der Waals surface area contributed by atoms with E-state index in [1.807, 2.05) is 12.1 Å². The van der Waals surface area contributed by atoms with Crippen LogP contribution in [0.3, 0.4) is 0 Å². The lowest BCUT2D eigenvalue weighted by Gasteiger charge is -2.48. The highest BCUT2D eigenvalue weighted by molar-refractivity contribution is 9.10. The smallest absolute Gasteiger partial charge is 0.122 e. The van der Waals surface area contributed by atoms with Crippen LogP contribution in [0.2, 0.25) is 0 Å². The summed E-state index contributed by atoms with van der Waals surface area (Å²) in [7, 11) is 0. The average molecular weight is 304 g/mol. The minimum atomic E-state index is 0.0705. The molecule has 0 N–H and O–H groups in total. The first-order chi connectivity index (χ1) is 7.41. The molecule has 0 saturated heterocycles. The van der Waals surface area contributed by atoms with E-state index < -0.39 is 0 Å². The van der Waals surface area contributed by atoms with E-state index in [9.17, 15) is 0 Å². The van der Waals surface area contributed by atoms with Gasteiger partial charge in [0.2, 0.25) is 0 Å². The van der Waals surface area contributed by atoms with Gasteiger partial charge in [0, 0.05) is 21.7 Å². The number of hydrogen-bond donors (Lipinski definition) is 0. The Bertz CT molecular complexity index is 403. The molecule has 0 aliphatic heterocycles. The van der Waals surface area contributed by atoms with E-state index in [2.05, 4.69) is 42.8 Å². The molecule has 16 heavy (non-hydrogen) atoms. The number of rotatable bonds is 2. The van der Waals surface area contributed by atoms with Gasteiger partial charge in [-0.05, 0) is 30.7 Å². The van der Waals surface area contributed by atoms with Crippen LogP contribution in [-0.2, 0) is 0 Å². The Labute approximate surface area is 110 Å². The van der Waals surface area contributed by atoms with Gasteiger partial charge in [-0.15, -0.1) is 11.6 Å². The van der Waals surface area contributed by atoms with Gasteiger partial charge in [-0.3, -0.25) is 0 Å². The molecule has 1 fully saturated rings. The minimum Gasteiger partial charge on any atom is -0.489 e. The minimum absolute atomic E-state index is 0.0705. The van der Waals surface area contributed by atoms with Crippen molar-refractivity contribution in [2.45, 2.75) is 38.7 Å². The van der Waals surface area contributed by atoms with Crippen LogP contribution in [0.1, 0.15) is 25.8 Å². The highest BCUT2D eigenvalue weighted by Crippen LogP contribution is 2.46. The van der Waals surface area contributed by atoms with Gasteiger partial charge < -0.3 is 4.74 Å². The fraction of sp³-hybridized carbons (Fsp3) is 0.538. The molecule has 1 aliphatic rings. The predicted octanol–water partition coefficient (Wildman–Crippen LogP) is 4.54. The molecule has 0 spiro atoms. The summed E-state index contributed by atoms with van der Waals surface area (Å²) in [5.41, 5.74) is 1.23. The Morgan fingerprint density at radius 1 is 1.44 bits per heavy atom. The Morgan fingerprint density at radius 2 is 2.12 bits per heavy atom. The van der Waals surface area contributed by atoms with Gasteiger partial charge in [0.1, 0.15) is 11.9 Å². The van der Waals surface area contributed by atoms with Gasteiger partial charge in [0.05, 0.1) is 0 Å². The number of halogens is 2. The van der Waals surface area contributed by atoms with Gasteiger partial charge in [-0.1, -0.05) is 29.8 Å². The molecule has 1 saturated carbocycles. The molecule has 3 heteroatoms. The highest BCUT2D eigenvalue weighted by Gasteiger charge is 2.49. The average Bonchev–Trinajstić information content (AvgIpc) is 2.21. The molecule has 2 atom stereocenters. The highest BCUT2D eigenvalue weighted by atomic mass is 79.9. The van der Waals surface area contributed by atoms with Crippen molar-refractivity contribution in [3.8, 4) is 5.75 Å². The standard InChI is InChI=1S/C13H16BrClO/c1-8-6-9(14)4-5-10(8)16-12-7-11(15)13(12,2)3/h4-6,11-12H,7H2,1-3H3. The van der Waals surface area contributed by atoms with E-state index in [0.29, 0.717) is 0 Å². The summed E-state index contributed by atoms with van der Waals surface area (Å²) in [6.07, 6.45) is 1.17. The third-order valence-corrected chi connectivity index (χ3v) is 4.70. The predicted molar refractivity (Wildman–Crippen MR) is 71.3 cm³/mol. The molecule has 1 aromatic rings. The Morgan fingerprint density at radius 3 is 2.62 bits per heavy atom. The molecule has 0 bridgehead atoms. The summed E-state index contributed by atoms with van der Waals surface area (Å²) < 4.78 is 7.10. The molecule has 1 aliphatic carbocycles. The molecular formula is C13H16BrClO.